The van der Waals surface area contributed by atoms with E-state index in [9.17, 15) is 4.79 Å². The number of rotatable bonds is 5. The number of nitrogens with zero attached hydrogens (tertiary/aromatic N) is 1. The van der Waals surface area contributed by atoms with Crippen LogP contribution in [0.3, 0.4) is 0 Å². The van der Waals surface area contributed by atoms with Crippen molar-refractivity contribution in [3.8, 4) is 0 Å². The second-order valence-corrected chi connectivity index (χ2v) is 4.37. The number of hydrogen-bond donors (Lipinski definition) is 1. The van der Waals surface area contributed by atoms with Crippen LogP contribution in [0.5, 0.6) is 0 Å². The van der Waals surface area contributed by atoms with Gasteiger partial charge in [0.25, 0.3) is 5.56 Å². The smallest absolute Gasteiger partial charge is 0.260 e. The number of aromatic nitrogens is 1. The highest BCUT2D eigenvalue weighted by Crippen LogP contribution is 2.09. The SMILES string of the molecule is CCC(CC)Cn1cccc(C(N)=S)c1=O. The van der Waals surface area contributed by atoms with Gasteiger partial charge in [-0.2, -0.15) is 0 Å². The van der Waals surface area contributed by atoms with E-state index in [0.29, 0.717) is 11.5 Å². The first-order valence-corrected chi connectivity index (χ1v) is 6.00. The van der Waals surface area contributed by atoms with Gasteiger partial charge in [0.2, 0.25) is 0 Å². The normalized spacial score (nSPS) is 10.7. The minimum Gasteiger partial charge on any atom is -0.389 e. The molecule has 0 fully saturated rings. The molecule has 2 N–H and O–H groups in total. The zero-order chi connectivity index (χ0) is 12.1. The van der Waals surface area contributed by atoms with E-state index >= 15 is 0 Å². The van der Waals surface area contributed by atoms with Gasteiger partial charge in [-0.05, 0) is 18.1 Å². The highest BCUT2D eigenvalue weighted by molar-refractivity contribution is 7.80. The topological polar surface area (TPSA) is 48.0 Å². The Bertz CT molecular complexity index is 421. The fraction of sp³-hybridized carbons (Fsp3) is 0.500. The van der Waals surface area contributed by atoms with Crippen molar-refractivity contribution in [3.63, 3.8) is 0 Å². The summed E-state index contributed by atoms with van der Waals surface area (Å²) in [5, 5.41) is 0. The zero-order valence-electron chi connectivity index (χ0n) is 9.77. The summed E-state index contributed by atoms with van der Waals surface area (Å²) in [6.07, 6.45) is 3.93. The van der Waals surface area contributed by atoms with Gasteiger partial charge < -0.3 is 10.3 Å². The van der Waals surface area contributed by atoms with Crippen molar-refractivity contribution in [2.75, 3.05) is 0 Å². The van der Waals surface area contributed by atoms with E-state index < -0.39 is 0 Å². The molecule has 16 heavy (non-hydrogen) atoms. The number of hydrogen-bond acceptors (Lipinski definition) is 2. The largest absolute Gasteiger partial charge is 0.389 e. The minimum absolute atomic E-state index is 0.0816. The maximum atomic E-state index is 12.0. The Morgan fingerprint density at radius 1 is 1.50 bits per heavy atom. The van der Waals surface area contributed by atoms with E-state index in [4.69, 9.17) is 18.0 Å². The summed E-state index contributed by atoms with van der Waals surface area (Å²) in [7, 11) is 0. The third kappa shape index (κ3) is 2.92. The predicted molar refractivity (Wildman–Crippen MR) is 70.7 cm³/mol. The molecule has 88 valence electrons. The molecule has 0 amide bonds. The van der Waals surface area contributed by atoms with Crippen molar-refractivity contribution >= 4 is 17.2 Å². The molecule has 0 bridgehead atoms. The lowest BCUT2D eigenvalue weighted by Gasteiger charge is -2.14. The van der Waals surface area contributed by atoms with Crippen molar-refractivity contribution in [1.82, 2.24) is 4.57 Å². The summed E-state index contributed by atoms with van der Waals surface area (Å²) in [6.45, 7) is 5.01. The monoisotopic (exact) mass is 238 g/mol. The summed E-state index contributed by atoms with van der Waals surface area (Å²) >= 11 is 4.84. The highest BCUT2D eigenvalue weighted by atomic mass is 32.1. The average molecular weight is 238 g/mol. The van der Waals surface area contributed by atoms with Crippen LogP contribution in [0.1, 0.15) is 32.3 Å². The van der Waals surface area contributed by atoms with E-state index in [0.717, 1.165) is 19.4 Å². The lowest BCUT2D eigenvalue weighted by atomic mass is 10.0. The van der Waals surface area contributed by atoms with E-state index in [2.05, 4.69) is 13.8 Å². The first-order chi connectivity index (χ1) is 7.60. The molecule has 0 atom stereocenters. The quantitative estimate of drug-likeness (QED) is 0.797. The van der Waals surface area contributed by atoms with Gasteiger partial charge in [-0.3, -0.25) is 4.79 Å². The molecular formula is C12H18N2OS. The van der Waals surface area contributed by atoms with Gasteiger partial charge in [-0.15, -0.1) is 0 Å². The van der Waals surface area contributed by atoms with Crippen LogP contribution in [-0.4, -0.2) is 9.56 Å². The molecule has 0 unspecified atom stereocenters. The average Bonchev–Trinajstić information content (AvgIpc) is 2.27. The molecule has 0 radical (unpaired) electrons. The van der Waals surface area contributed by atoms with Crippen LogP contribution in [0.4, 0.5) is 0 Å². The zero-order valence-corrected chi connectivity index (χ0v) is 10.6. The van der Waals surface area contributed by atoms with Crippen LogP contribution in [0.25, 0.3) is 0 Å². The molecule has 0 aliphatic heterocycles. The molecule has 0 aliphatic rings. The molecule has 0 aliphatic carbocycles. The third-order valence-corrected chi connectivity index (χ3v) is 3.12. The lowest BCUT2D eigenvalue weighted by molar-refractivity contribution is 0.412. The van der Waals surface area contributed by atoms with Crippen LogP contribution in [0.2, 0.25) is 0 Å². The molecule has 1 aromatic heterocycles. The maximum absolute atomic E-state index is 12.0. The fourth-order valence-electron chi connectivity index (χ4n) is 1.69. The summed E-state index contributed by atoms with van der Waals surface area (Å²) in [5.41, 5.74) is 5.85. The Morgan fingerprint density at radius 3 is 2.62 bits per heavy atom. The van der Waals surface area contributed by atoms with Crippen LogP contribution >= 0.6 is 12.2 Å². The second kappa shape index (κ2) is 5.80. The first-order valence-electron chi connectivity index (χ1n) is 5.59. The standard InChI is InChI=1S/C12H18N2OS/c1-3-9(4-2)8-14-7-5-6-10(11(13)16)12(14)15/h5-7,9H,3-4,8H2,1-2H3,(H2,13,16). The number of pyridine rings is 1. The number of thiocarbonyl (C=S) groups is 1. The van der Waals surface area contributed by atoms with E-state index in [1.54, 1.807) is 16.8 Å². The minimum atomic E-state index is -0.0816. The van der Waals surface area contributed by atoms with Gasteiger partial charge in [0.05, 0.1) is 5.56 Å². The van der Waals surface area contributed by atoms with Gasteiger partial charge in [0.15, 0.2) is 0 Å². The molecule has 0 saturated carbocycles. The lowest BCUT2D eigenvalue weighted by Crippen LogP contribution is -2.30. The van der Waals surface area contributed by atoms with Gasteiger partial charge in [-0.1, -0.05) is 38.9 Å². The first kappa shape index (κ1) is 12.9. The van der Waals surface area contributed by atoms with Crippen molar-refractivity contribution in [2.45, 2.75) is 33.2 Å². The summed E-state index contributed by atoms with van der Waals surface area (Å²) in [4.78, 5) is 12.1. The molecular weight excluding hydrogens is 220 g/mol. The van der Waals surface area contributed by atoms with Gasteiger partial charge in [0, 0.05) is 12.7 Å². The van der Waals surface area contributed by atoms with E-state index in [-0.39, 0.29) is 10.5 Å². The summed E-state index contributed by atoms with van der Waals surface area (Å²) < 4.78 is 1.70. The molecule has 0 saturated heterocycles. The fourth-order valence-corrected chi connectivity index (χ4v) is 1.85. The van der Waals surface area contributed by atoms with Gasteiger partial charge in [-0.25, -0.2) is 0 Å². The Kier molecular flexibility index (Phi) is 4.68. The Hall–Kier alpha value is -1.16. The Balaban J connectivity index is 3.02. The van der Waals surface area contributed by atoms with Crippen LogP contribution in [0, 0.1) is 5.92 Å². The Morgan fingerprint density at radius 2 is 2.12 bits per heavy atom. The van der Waals surface area contributed by atoms with Gasteiger partial charge in [0.1, 0.15) is 4.99 Å². The van der Waals surface area contributed by atoms with Crippen molar-refractivity contribution < 1.29 is 0 Å². The molecule has 4 heteroatoms. The van der Waals surface area contributed by atoms with Crippen LogP contribution < -0.4 is 11.3 Å². The molecule has 0 spiro atoms. The number of nitrogens with two attached hydrogens (primary N) is 1. The third-order valence-electron chi connectivity index (χ3n) is 2.90. The second-order valence-electron chi connectivity index (χ2n) is 3.93. The molecule has 3 nitrogen and oxygen atoms in total. The molecule has 0 aromatic carbocycles. The maximum Gasteiger partial charge on any atom is 0.260 e. The summed E-state index contributed by atoms with van der Waals surface area (Å²) in [5.74, 6) is 0.527. The van der Waals surface area contributed by atoms with Crippen LogP contribution in [0.15, 0.2) is 23.1 Å². The van der Waals surface area contributed by atoms with Crippen molar-refractivity contribution in [2.24, 2.45) is 11.7 Å². The molecule has 1 heterocycles. The Labute approximate surface area is 101 Å². The predicted octanol–water partition coefficient (Wildman–Crippen LogP) is 1.92. The van der Waals surface area contributed by atoms with Crippen LogP contribution in [-0.2, 0) is 6.54 Å². The van der Waals surface area contributed by atoms with Crippen molar-refractivity contribution in [3.05, 3.63) is 34.2 Å². The van der Waals surface area contributed by atoms with Crippen molar-refractivity contribution in [1.29, 1.82) is 0 Å². The summed E-state index contributed by atoms with van der Waals surface area (Å²) in [6, 6.07) is 3.49. The van der Waals surface area contributed by atoms with E-state index in [1.807, 2.05) is 6.07 Å². The highest BCUT2D eigenvalue weighted by Gasteiger charge is 2.09. The molecule has 1 rings (SSSR count). The molecule has 1 aromatic rings. The van der Waals surface area contributed by atoms with E-state index in [1.165, 1.54) is 0 Å². The van der Waals surface area contributed by atoms with Gasteiger partial charge >= 0.3 is 0 Å².